The molecule has 1 aliphatic heterocycles. The van der Waals surface area contributed by atoms with Crippen molar-refractivity contribution < 1.29 is 9.53 Å². The van der Waals surface area contributed by atoms with E-state index in [-0.39, 0.29) is 12.0 Å². The Kier molecular flexibility index (Phi) is 8.02. The predicted molar refractivity (Wildman–Crippen MR) is 153 cm³/mol. The van der Waals surface area contributed by atoms with Gasteiger partial charge in [-0.3, -0.25) is 14.8 Å². The molecule has 0 saturated carbocycles. The van der Waals surface area contributed by atoms with Crippen LogP contribution in [-0.2, 0) is 9.53 Å². The number of nitrogens with zero attached hydrogens (tertiary/aromatic N) is 5. The van der Waals surface area contributed by atoms with Gasteiger partial charge in [0, 0.05) is 54.7 Å². The van der Waals surface area contributed by atoms with Crippen molar-refractivity contribution in [2.75, 3.05) is 56.7 Å². The summed E-state index contributed by atoms with van der Waals surface area (Å²) in [5.74, 6) is 0.455. The number of carbonyl (C=O) groups is 1. The van der Waals surface area contributed by atoms with Gasteiger partial charge in [0.25, 0.3) is 0 Å². The summed E-state index contributed by atoms with van der Waals surface area (Å²) in [6, 6.07) is 13.0. The van der Waals surface area contributed by atoms with Crippen LogP contribution in [0, 0.1) is 0 Å². The van der Waals surface area contributed by atoms with Crippen molar-refractivity contribution in [2.24, 2.45) is 0 Å². The highest BCUT2D eigenvalue weighted by Crippen LogP contribution is 2.32. The molecule has 0 spiro atoms. The third kappa shape index (κ3) is 6.34. The van der Waals surface area contributed by atoms with E-state index in [4.69, 9.17) is 15.5 Å². The minimum Gasteiger partial charge on any atom is -0.383 e. The number of nitrogens with one attached hydrogen (secondary N) is 3. The smallest absolute Gasteiger partial charge is 0.248 e. The molecule has 1 saturated heterocycles. The molecule has 5 rings (SSSR count). The second-order valence-corrected chi connectivity index (χ2v) is 9.34. The fourth-order valence-electron chi connectivity index (χ4n) is 4.29. The largest absolute Gasteiger partial charge is 0.383 e. The number of rotatable bonds is 8. The number of nitrogen functional groups attached to an aromatic ring is 1. The number of ether oxygens (including phenoxy) is 1. The molecule has 5 N–H and O–H groups in total. The first-order chi connectivity index (χ1) is 19.0. The first-order valence-electron chi connectivity index (χ1n) is 12.7. The molecule has 0 bridgehead atoms. The van der Waals surface area contributed by atoms with Crippen LogP contribution in [0.3, 0.4) is 0 Å². The molecule has 200 valence electrons. The average molecular weight is 526 g/mol. The Hall–Kier alpha value is -4.45. The van der Waals surface area contributed by atoms with Gasteiger partial charge in [-0.2, -0.15) is 4.98 Å². The van der Waals surface area contributed by atoms with E-state index in [0.29, 0.717) is 53.7 Å². The maximum Gasteiger partial charge on any atom is 0.248 e. The van der Waals surface area contributed by atoms with Crippen molar-refractivity contribution in [3.8, 4) is 11.3 Å². The standard InChI is InChI=1S/C28H31N9O2/c1-37(2)14-5-9-24(38)33-18-10-12-31-22(16-18)19-6-3-7-20-25(19)35-28(36-27(20)29)34-21-8-4-11-32-26(21)23-17-30-13-15-39-23/h3-12,16,23,30H,13-15,17H2,1-2H3,(H,31,33,38)(H3,29,34,35,36)/b9-5+. The van der Waals surface area contributed by atoms with E-state index in [2.05, 4.69) is 30.9 Å². The maximum absolute atomic E-state index is 12.4. The van der Waals surface area contributed by atoms with Crippen LogP contribution in [0.2, 0.25) is 0 Å². The van der Waals surface area contributed by atoms with E-state index in [1.165, 1.54) is 6.08 Å². The minimum atomic E-state index is -0.214. The van der Waals surface area contributed by atoms with Gasteiger partial charge in [-0.1, -0.05) is 18.2 Å². The Labute approximate surface area is 226 Å². The van der Waals surface area contributed by atoms with Crippen LogP contribution in [0.4, 0.5) is 23.1 Å². The second kappa shape index (κ2) is 11.9. The van der Waals surface area contributed by atoms with Crippen molar-refractivity contribution >= 4 is 40.0 Å². The molecule has 1 unspecified atom stereocenters. The third-order valence-corrected chi connectivity index (χ3v) is 6.12. The lowest BCUT2D eigenvalue weighted by Gasteiger charge is -2.24. The van der Waals surface area contributed by atoms with Crippen molar-refractivity contribution in [3.63, 3.8) is 0 Å². The number of nitrogens with two attached hydrogens (primary N) is 1. The number of aromatic nitrogens is 4. The van der Waals surface area contributed by atoms with Gasteiger partial charge < -0.3 is 31.3 Å². The first kappa shape index (κ1) is 26.2. The molecule has 11 heteroatoms. The first-order valence-corrected chi connectivity index (χ1v) is 12.7. The Bertz CT molecular complexity index is 1500. The van der Waals surface area contributed by atoms with E-state index in [0.717, 1.165) is 23.5 Å². The highest BCUT2D eigenvalue weighted by molar-refractivity contribution is 6.01. The van der Waals surface area contributed by atoms with Gasteiger partial charge in [-0.05, 0) is 44.4 Å². The fourth-order valence-corrected chi connectivity index (χ4v) is 4.29. The monoisotopic (exact) mass is 525 g/mol. The van der Waals surface area contributed by atoms with E-state index < -0.39 is 0 Å². The lowest BCUT2D eigenvalue weighted by molar-refractivity contribution is -0.111. The molecular weight excluding hydrogens is 494 g/mol. The van der Waals surface area contributed by atoms with Gasteiger partial charge in [0.1, 0.15) is 11.9 Å². The maximum atomic E-state index is 12.4. The number of pyridine rings is 2. The summed E-state index contributed by atoms with van der Waals surface area (Å²) < 4.78 is 5.91. The molecule has 0 radical (unpaired) electrons. The van der Waals surface area contributed by atoms with Gasteiger partial charge in [-0.15, -0.1) is 0 Å². The number of benzene rings is 1. The summed E-state index contributed by atoms with van der Waals surface area (Å²) in [7, 11) is 3.88. The van der Waals surface area contributed by atoms with E-state index >= 15 is 0 Å². The van der Waals surface area contributed by atoms with Crippen LogP contribution in [0.25, 0.3) is 22.2 Å². The third-order valence-electron chi connectivity index (χ3n) is 6.12. The molecule has 0 aliphatic carbocycles. The fraction of sp³-hybridized carbons (Fsp3) is 0.250. The summed E-state index contributed by atoms with van der Waals surface area (Å²) in [6.07, 6.45) is 6.53. The van der Waals surface area contributed by atoms with E-state index in [1.807, 2.05) is 55.4 Å². The van der Waals surface area contributed by atoms with Gasteiger partial charge in [0.2, 0.25) is 11.9 Å². The van der Waals surface area contributed by atoms with Crippen LogP contribution < -0.4 is 21.7 Å². The van der Waals surface area contributed by atoms with Crippen molar-refractivity contribution in [2.45, 2.75) is 6.10 Å². The second-order valence-electron chi connectivity index (χ2n) is 9.34. The summed E-state index contributed by atoms with van der Waals surface area (Å²) in [4.78, 5) is 32.7. The van der Waals surface area contributed by atoms with Crippen LogP contribution >= 0.6 is 0 Å². The zero-order valence-corrected chi connectivity index (χ0v) is 21.9. The van der Waals surface area contributed by atoms with Crippen molar-refractivity contribution in [1.29, 1.82) is 0 Å². The summed E-state index contributed by atoms with van der Waals surface area (Å²) in [6.45, 7) is 2.77. The van der Waals surface area contributed by atoms with Gasteiger partial charge in [-0.25, -0.2) is 4.98 Å². The molecule has 3 aromatic heterocycles. The SMILES string of the molecule is CN(C)C/C=C/C(=O)Nc1ccnc(-c2cccc3c(N)nc(Nc4cccnc4C4CNCCO4)nc23)c1. The Balaban J connectivity index is 1.45. The van der Waals surface area contributed by atoms with E-state index in [1.54, 1.807) is 24.5 Å². The lowest BCUT2D eigenvalue weighted by atomic mass is 10.1. The number of fused-ring (bicyclic) bond motifs is 1. The lowest BCUT2D eigenvalue weighted by Crippen LogP contribution is -2.34. The highest BCUT2D eigenvalue weighted by atomic mass is 16.5. The number of likely N-dealkylation sites (N-methyl/N-ethyl adjacent to an activating group) is 1. The number of hydrogen-bond donors (Lipinski definition) is 4. The molecule has 4 heterocycles. The molecule has 11 nitrogen and oxygen atoms in total. The predicted octanol–water partition coefficient (Wildman–Crippen LogP) is 3.13. The molecule has 1 aromatic carbocycles. The Morgan fingerprint density at radius 2 is 2.08 bits per heavy atom. The van der Waals surface area contributed by atoms with Crippen LogP contribution in [0.15, 0.2) is 67.0 Å². The summed E-state index contributed by atoms with van der Waals surface area (Å²) in [5, 5.41) is 10.2. The van der Waals surface area contributed by atoms with Crippen LogP contribution in [0.1, 0.15) is 11.8 Å². The van der Waals surface area contributed by atoms with Crippen molar-refractivity contribution in [1.82, 2.24) is 30.2 Å². The van der Waals surface area contributed by atoms with Crippen LogP contribution in [-0.4, -0.2) is 71.1 Å². The number of carbonyl (C=O) groups excluding carboxylic acids is 1. The number of amides is 1. The van der Waals surface area contributed by atoms with Crippen molar-refractivity contribution in [3.05, 3.63) is 72.7 Å². The number of hydrogen-bond acceptors (Lipinski definition) is 10. The zero-order chi connectivity index (χ0) is 27.2. The molecule has 4 aromatic rings. The number of morpholine rings is 1. The molecule has 1 fully saturated rings. The molecular formula is C28H31N9O2. The Morgan fingerprint density at radius 1 is 1.18 bits per heavy atom. The van der Waals surface area contributed by atoms with Gasteiger partial charge in [0.15, 0.2) is 0 Å². The zero-order valence-electron chi connectivity index (χ0n) is 21.9. The van der Waals surface area contributed by atoms with Gasteiger partial charge >= 0.3 is 0 Å². The number of anilines is 4. The molecule has 1 aliphatic rings. The minimum absolute atomic E-state index is 0.185. The average Bonchev–Trinajstić information content (AvgIpc) is 2.93. The number of para-hydroxylation sites is 1. The van der Waals surface area contributed by atoms with Crippen LogP contribution in [0.5, 0.6) is 0 Å². The topological polar surface area (TPSA) is 143 Å². The Morgan fingerprint density at radius 3 is 2.90 bits per heavy atom. The highest BCUT2D eigenvalue weighted by Gasteiger charge is 2.21. The van der Waals surface area contributed by atoms with Gasteiger partial charge in [0.05, 0.1) is 29.2 Å². The molecule has 39 heavy (non-hydrogen) atoms. The molecule has 1 atom stereocenters. The molecule has 1 amide bonds. The summed E-state index contributed by atoms with van der Waals surface area (Å²) >= 11 is 0. The normalized spacial score (nSPS) is 15.6. The quantitative estimate of drug-likeness (QED) is 0.253. The summed E-state index contributed by atoms with van der Waals surface area (Å²) in [5.41, 5.74) is 10.5. The van der Waals surface area contributed by atoms with E-state index in [9.17, 15) is 4.79 Å².